The molecule has 6 heteroatoms. The summed E-state index contributed by atoms with van der Waals surface area (Å²) in [7, 11) is 0. The highest BCUT2D eigenvalue weighted by Gasteiger charge is 2.48. The predicted molar refractivity (Wildman–Crippen MR) is 134 cm³/mol. The van der Waals surface area contributed by atoms with Crippen LogP contribution in [0, 0.1) is 5.92 Å². The maximum absolute atomic E-state index is 13.6. The fourth-order valence-corrected chi connectivity index (χ4v) is 5.93. The first kappa shape index (κ1) is 24.8. The fraction of sp³-hybridized carbons (Fsp3) is 0.692. The Kier molecular flexibility index (Phi) is 8.07. The quantitative estimate of drug-likeness (QED) is 0.576. The summed E-state index contributed by atoms with van der Waals surface area (Å²) in [6, 6.07) is 4.46. The highest BCUT2D eigenvalue weighted by molar-refractivity contribution is 7.19. The molecule has 2 aliphatic rings. The van der Waals surface area contributed by atoms with Gasteiger partial charge < -0.3 is 14.8 Å². The predicted octanol–water partition coefficient (Wildman–Crippen LogP) is 6.00. The SMILES string of the molecule is CC.CCc1cc2c(cc3n2CC(C)(C(=O)NC2CCCCC2)N(CCC(C)C)C3=O)s1. The minimum Gasteiger partial charge on any atom is -0.351 e. The Morgan fingerprint density at radius 1 is 1.22 bits per heavy atom. The van der Waals surface area contributed by atoms with Crippen LogP contribution >= 0.6 is 11.3 Å². The Morgan fingerprint density at radius 2 is 1.91 bits per heavy atom. The van der Waals surface area contributed by atoms with E-state index in [0.717, 1.165) is 41.6 Å². The van der Waals surface area contributed by atoms with Gasteiger partial charge in [0.2, 0.25) is 5.91 Å². The molecule has 1 atom stereocenters. The molecule has 0 aromatic carbocycles. The number of hydrogen-bond acceptors (Lipinski definition) is 3. The van der Waals surface area contributed by atoms with Crippen molar-refractivity contribution in [3.05, 3.63) is 22.7 Å². The second kappa shape index (κ2) is 10.4. The summed E-state index contributed by atoms with van der Waals surface area (Å²) in [5.74, 6) is 0.474. The molecule has 0 radical (unpaired) electrons. The number of carbonyl (C=O) groups is 2. The van der Waals surface area contributed by atoms with Gasteiger partial charge in [0, 0.05) is 17.5 Å². The van der Waals surface area contributed by atoms with Crippen LogP contribution in [0.1, 0.15) is 95.4 Å². The van der Waals surface area contributed by atoms with Crippen molar-refractivity contribution in [2.75, 3.05) is 6.54 Å². The Balaban J connectivity index is 0.00000141. The van der Waals surface area contributed by atoms with Crippen molar-refractivity contribution in [2.45, 2.75) is 105 Å². The zero-order chi connectivity index (χ0) is 23.5. The van der Waals surface area contributed by atoms with E-state index in [1.54, 1.807) is 11.3 Å². The van der Waals surface area contributed by atoms with Crippen LogP contribution in [-0.2, 0) is 17.8 Å². The summed E-state index contributed by atoms with van der Waals surface area (Å²) in [6.45, 7) is 13.6. The third-order valence-corrected chi connectivity index (χ3v) is 8.09. The Morgan fingerprint density at radius 3 is 2.53 bits per heavy atom. The molecule has 0 spiro atoms. The van der Waals surface area contributed by atoms with Crippen molar-refractivity contribution in [1.82, 2.24) is 14.8 Å². The van der Waals surface area contributed by atoms with Gasteiger partial charge >= 0.3 is 0 Å². The average Bonchev–Trinajstić information content (AvgIpc) is 3.34. The van der Waals surface area contributed by atoms with E-state index in [-0.39, 0.29) is 17.9 Å². The van der Waals surface area contributed by atoms with Crippen LogP contribution in [0.25, 0.3) is 10.2 Å². The lowest BCUT2D eigenvalue weighted by Crippen LogP contribution is -2.65. The summed E-state index contributed by atoms with van der Waals surface area (Å²) in [5, 5.41) is 3.31. The number of nitrogens with zero attached hydrogens (tertiary/aromatic N) is 2. The molecule has 1 aliphatic carbocycles. The van der Waals surface area contributed by atoms with Gasteiger partial charge in [-0.15, -0.1) is 11.3 Å². The second-order valence-corrected chi connectivity index (χ2v) is 10.8. The van der Waals surface area contributed by atoms with Gasteiger partial charge in [0.15, 0.2) is 0 Å². The van der Waals surface area contributed by atoms with Gasteiger partial charge in [-0.2, -0.15) is 0 Å². The largest absolute Gasteiger partial charge is 0.351 e. The van der Waals surface area contributed by atoms with Gasteiger partial charge in [0.1, 0.15) is 11.2 Å². The number of nitrogens with one attached hydrogen (secondary N) is 1. The number of rotatable bonds is 6. The van der Waals surface area contributed by atoms with Gasteiger partial charge in [0.05, 0.1) is 16.8 Å². The standard InChI is InChI=1S/C24H35N3O2S.C2H6/c1-5-18-13-19-21(30-18)14-20-22(28)27(12-11-16(2)3)24(4,15-26(19)20)23(29)25-17-9-7-6-8-10-17;1-2/h13-14,16-17H,5-12,15H2,1-4H3,(H,25,29);1-2H3. The Bertz CT molecular complexity index is 938. The summed E-state index contributed by atoms with van der Waals surface area (Å²) >= 11 is 1.76. The van der Waals surface area contributed by atoms with E-state index in [0.29, 0.717) is 19.0 Å². The minimum absolute atomic E-state index is 0.00458. The van der Waals surface area contributed by atoms with Crippen LogP contribution in [0.4, 0.5) is 0 Å². The third-order valence-electron chi connectivity index (χ3n) is 6.87. The number of fused-ring (bicyclic) bond motifs is 3. The van der Waals surface area contributed by atoms with E-state index in [4.69, 9.17) is 0 Å². The zero-order valence-electron chi connectivity index (χ0n) is 20.8. The van der Waals surface area contributed by atoms with Crippen LogP contribution in [0.5, 0.6) is 0 Å². The molecule has 1 aliphatic heterocycles. The fourth-order valence-electron chi connectivity index (χ4n) is 4.89. The molecule has 1 N–H and O–H groups in total. The molecular weight excluding hydrogens is 418 g/mol. The first-order valence-corrected chi connectivity index (χ1v) is 13.4. The summed E-state index contributed by atoms with van der Waals surface area (Å²) in [4.78, 5) is 30.4. The number of hydrogen-bond donors (Lipinski definition) is 1. The molecular formula is C26H41N3O2S. The highest BCUT2D eigenvalue weighted by atomic mass is 32.1. The van der Waals surface area contributed by atoms with E-state index in [1.165, 1.54) is 24.1 Å². The van der Waals surface area contributed by atoms with Gasteiger partial charge in [0.25, 0.3) is 5.91 Å². The van der Waals surface area contributed by atoms with Crippen molar-refractivity contribution >= 4 is 33.4 Å². The van der Waals surface area contributed by atoms with Crippen molar-refractivity contribution in [2.24, 2.45) is 5.92 Å². The molecule has 1 unspecified atom stereocenters. The molecule has 0 saturated heterocycles. The van der Waals surface area contributed by atoms with Crippen LogP contribution in [0.15, 0.2) is 12.1 Å². The van der Waals surface area contributed by atoms with Gasteiger partial charge in [-0.25, -0.2) is 0 Å². The first-order chi connectivity index (χ1) is 15.3. The third kappa shape index (κ3) is 4.75. The molecule has 3 heterocycles. The highest BCUT2D eigenvalue weighted by Crippen LogP contribution is 2.36. The molecule has 0 bridgehead atoms. The molecule has 5 nitrogen and oxygen atoms in total. The zero-order valence-corrected chi connectivity index (χ0v) is 21.6. The van der Waals surface area contributed by atoms with Crippen molar-refractivity contribution in [1.29, 1.82) is 0 Å². The molecule has 2 aromatic rings. The van der Waals surface area contributed by atoms with E-state index in [9.17, 15) is 9.59 Å². The second-order valence-electron chi connectivity index (χ2n) is 9.65. The average molecular weight is 460 g/mol. The molecule has 32 heavy (non-hydrogen) atoms. The van der Waals surface area contributed by atoms with Gasteiger partial charge in [-0.05, 0) is 50.7 Å². The van der Waals surface area contributed by atoms with Crippen LogP contribution in [0.2, 0.25) is 0 Å². The van der Waals surface area contributed by atoms with Crippen molar-refractivity contribution < 1.29 is 9.59 Å². The van der Waals surface area contributed by atoms with Crippen LogP contribution < -0.4 is 5.32 Å². The lowest BCUT2D eigenvalue weighted by molar-refractivity contribution is -0.133. The van der Waals surface area contributed by atoms with Crippen LogP contribution in [0.3, 0.4) is 0 Å². The van der Waals surface area contributed by atoms with E-state index in [2.05, 4.69) is 36.7 Å². The summed E-state index contributed by atoms with van der Waals surface area (Å²) < 4.78 is 3.25. The number of aryl methyl sites for hydroxylation is 1. The maximum Gasteiger partial charge on any atom is 0.271 e. The lowest BCUT2D eigenvalue weighted by Gasteiger charge is -2.45. The number of aromatic nitrogens is 1. The van der Waals surface area contributed by atoms with Crippen molar-refractivity contribution in [3.63, 3.8) is 0 Å². The minimum atomic E-state index is -0.864. The van der Waals surface area contributed by atoms with Crippen molar-refractivity contribution in [3.8, 4) is 0 Å². The lowest BCUT2D eigenvalue weighted by atomic mass is 9.91. The monoisotopic (exact) mass is 459 g/mol. The molecule has 1 saturated carbocycles. The summed E-state index contributed by atoms with van der Waals surface area (Å²) in [6.07, 6.45) is 7.58. The van der Waals surface area contributed by atoms with Gasteiger partial charge in [-0.1, -0.05) is 53.9 Å². The van der Waals surface area contributed by atoms with Crippen LogP contribution in [-0.4, -0.2) is 39.4 Å². The molecule has 2 aromatic heterocycles. The molecule has 178 valence electrons. The Hall–Kier alpha value is -1.82. The van der Waals surface area contributed by atoms with E-state index < -0.39 is 5.54 Å². The molecule has 4 rings (SSSR count). The number of amides is 2. The first-order valence-electron chi connectivity index (χ1n) is 12.6. The Labute approximate surface area is 197 Å². The molecule has 1 fully saturated rings. The number of thiophene rings is 1. The molecule has 2 amide bonds. The summed E-state index contributed by atoms with van der Waals surface area (Å²) in [5.41, 5.74) is 0.961. The maximum atomic E-state index is 13.6. The normalized spacial score (nSPS) is 21.5. The smallest absolute Gasteiger partial charge is 0.271 e. The topological polar surface area (TPSA) is 54.3 Å². The van der Waals surface area contributed by atoms with Gasteiger partial charge in [-0.3, -0.25) is 9.59 Å². The number of carbonyl (C=O) groups excluding carboxylic acids is 2. The van der Waals surface area contributed by atoms with E-state index in [1.807, 2.05) is 31.7 Å². The van der Waals surface area contributed by atoms with E-state index >= 15 is 0 Å².